The highest BCUT2D eigenvalue weighted by Gasteiger charge is 2.18. The van der Waals surface area contributed by atoms with E-state index in [0.717, 1.165) is 16.7 Å². The third-order valence-electron chi connectivity index (χ3n) is 5.29. The zero-order valence-corrected chi connectivity index (χ0v) is 20.4. The van der Waals surface area contributed by atoms with Crippen LogP contribution in [0.3, 0.4) is 0 Å². The summed E-state index contributed by atoms with van der Waals surface area (Å²) in [6.07, 6.45) is 1.55. The van der Waals surface area contributed by atoms with Crippen LogP contribution in [0.2, 0.25) is 0 Å². The number of carbonyl (C=O) groups excluding carboxylic acids is 1. The van der Waals surface area contributed by atoms with Crippen molar-refractivity contribution in [2.45, 2.75) is 39.7 Å². The SMILES string of the molecule is COc1cc(/C=N/NC(=O)COc2ccccc2C(C)(C)C)ccc1OCc1ccccc1C. The summed E-state index contributed by atoms with van der Waals surface area (Å²) in [6, 6.07) is 21.3. The lowest BCUT2D eigenvalue weighted by Crippen LogP contribution is -2.25. The number of hydrazone groups is 1. The van der Waals surface area contributed by atoms with Crippen LogP contribution < -0.4 is 19.6 Å². The molecule has 3 rings (SSSR count). The molecule has 1 amide bonds. The summed E-state index contributed by atoms with van der Waals surface area (Å²) in [5.74, 6) is 1.58. The molecule has 6 nitrogen and oxygen atoms in total. The second-order valence-electron chi connectivity index (χ2n) is 8.95. The predicted molar refractivity (Wildman–Crippen MR) is 135 cm³/mol. The molecule has 0 aromatic heterocycles. The van der Waals surface area contributed by atoms with Crippen LogP contribution >= 0.6 is 0 Å². The van der Waals surface area contributed by atoms with Crippen molar-refractivity contribution in [2.75, 3.05) is 13.7 Å². The van der Waals surface area contributed by atoms with Crippen molar-refractivity contribution >= 4 is 12.1 Å². The van der Waals surface area contributed by atoms with Crippen LogP contribution in [0.5, 0.6) is 17.2 Å². The van der Waals surface area contributed by atoms with Gasteiger partial charge in [0.2, 0.25) is 0 Å². The van der Waals surface area contributed by atoms with Crippen LogP contribution in [0.25, 0.3) is 0 Å². The van der Waals surface area contributed by atoms with Gasteiger partial charge in [0.25, 0.3) is 5.91 Å². The minimum absolute atomic E-state index is 0.0833. The number of benzene rings is 3. The molecule has 178 valence electrons. The van der Waals surface area contributed by atoms with Gasteiger partial charge in [0.15, 0.2) is 18.1 Å². The van der Waals surface area contributed by atoms with Crippen molar-refractivity contribution in [2.24, 2.45) is 5.10 Å². The molecule has 0 aliphatic carbocycles. The molecular weight excluding hydrogens is 428 g/mol. The van der Waals surface area contributed by atoms with E-state index in [1.54, 1.807) is 19.4 Å². The highest BCUT2D eigenvalue weighted by molar-refractivity contribution is 5.83. The molecule has 0 atom stereocenters. The van der Waals surface area contributed by atoms with Crippen molar-refractivity contribution in [3.63, 3.8) is 0 Å². The monoisotopic (exact) mass is 460 g/mol. The Labute approximate surface area is 201 Å². The summed E-state index contributed by atoms with van der Waals surface area (Å²) in [6.45, 7) is 8.69. The van der Waals surface area contributed by atoms with E-state index in [-0.39, 0.29) is 17.9 Å². The third kappa shape index (κ3) is 6.85. The standard InChI is InChI=1S/C28H32N2O4/c1-20-10-6-7-11-22(20)18-33-25-15-14-21(16-26(25)32-5)17-29-30-27(31)19-34-24-13-9-8-12-23(24)28(2,3)4/h6-17H,18-19H2,1-5H3,(H,30,31)/b29-17+. The summed E-state index contributed by atoms with van der Waals surface area (Å²) >= 11 is 0. The van der Waals surface area contributed by atoms with Crippen LogP contribution in [0, 0.1) is 6.92 Å². The van der Waals surface area contributed by atoms with E-state index >= 15 is 0 Å². The van der Waals surface area contributed by atoms with Crippen molar-refractivity contribution < 1.29 is 19.0 Å². The van der Waals surface area contributed by atoms with Crippen LogP contribution in [0.1, 0.15) is 43.0 Å². The van der Waals surface area contributed by atoms with E-state index in [0.29, 0.717) is 23.9 Å². The Hall–Kier alpha value is -3.80. The van der Waals surface area contributed by atoms with Crippen molar-refractivity contribution in [3.05, 3.63) is 89.0 Å². The number of hydrogen-bond acceptors (Lipinski definition) is 5. The molecule has 0 bridgehead atoms. The second-order valence-corrected chi connectivity index (χ2v) is 8.95. The van der Waals surface area contributed by atoms with Crippen LogP contribution in [-0.4, -0.2) is 25.8 Å². The van der Waals surface area contributed by atoms with E-state index in [9.17, 15) is 4.79 Å². The lowest BCUT2D eigenvalue weighted by molar-refractivity contribution is -0.123. The van der Waals surface area contributed by atoms with Gasteiger partial charge in [-0.05, 0) is 58.9 Å². The van der Waals surface area contributed by atoms with Crippen molar-refractivity contribution in [1.29, 1.82) is 0 Å². The van der Waals surface area contributed by atoms with Gasteiger partial charge in [-0.2, -0.15) is 5.10 Å². The molecule has 0 aliphatic heterocycles. The van der Waals surface area contributed by atoms with E-state index < -0.39 is 0 Å². The first-order chi connectivity index (χ1) is 16.3. The Kier molecular flexibility index (Phi) is 8.30. The number of ether oxygens (including phenoxy) is 3. The highest BCUT2D eigenvalue weighted by atomic mass is 16.5. The van der Waals surface area contributed by atoms with Gasteiger partial charge in [0, 0.05) is 0 Å². The summed E-state index contributed by atoms with van der Waals surface area (Å²) in [4.78, 5) is 12.2. The predicted octanol–water partition coefficient (Wildman–Crippen LogP) is 5.41. The fourth-order valence-electron chi connectivity index (χ4n) is 3.38. The number of nitrogens with one attached hydrogen (secondary N) is 1. The minimum Gasteiger partial charge on any atom is -0.493 e. The maximum absolute atomic E-state index is 12.2. The van der Waals surface area contributed by atoms with Gasteiger partial charge in [-0.3, -0.25) is 4.79 Å². The third-order valence-corrected chi connectivity index (χ3v) is 5.29. The molecule has 3 aromatic rings. The molecule has 0 fully saturated rings. The second kappa shape index (κ2) is 11.4. The number of hydrogen-bond donors (Lipinski definition) is 1. The first-order valence-corrected chi connectivity index (χ1v) is 11.2. The number of aryl methyl sites for hydroxylation is 1. The molecule has 0 unspecified atom stereocenters. The smallest absolute Gasteiger partial charge is 0.277 e. The Balaban J connectivity index is 1.55. The Morgan fingerprint density at radius 1 is 0.941 bits per heavy atom. The zero-order valence-electron chi connectivity index (χ0n) is 20.4. The number of rotatable bonds is 9. The Morgan fingerprint density at radius 3 is 2.41 bits per heavy atom. The van der Waals surface area contributed by atoms with Gasteiger partial charge in [-0.1, -0.05) is 63.2 Å². The minimum atomic E-state index is -0.342. The van der Waals surface area contributed by atoms with E-state index in [2.05, 4.69) is 44.3 Å². The van der Waals surface area contributed by atoms with Gasteiger partial charge in [-0.25, -0.2) is 5.43 Å². The number of para-hydroxylation sites is 1. The molecule has 34 heavy (non-hydrogen) atoms. The summed E-state index contributed by atoms with van der Waals surface area (Å²) in [5.41, 5.74) is 6.51. The first kappa shape index (κ1) is 24.8. The molecule has 0 saturated heterocycles. The normalized spacial score (nSPS) is 11.3. The van der Waals surface area contributed by atoms with Crippen LogP contribution in [0.4, 0.5) is 0 Å². The van der Waals surface area contributed by atoms with Gasteiger partial charge in [-0.15, -0.1) is 0 Å². The Bertz CT molecular complexity index is 1150. The van der Waals surface area contributed by atoms with Crippen LogP contribution in [-0.2, 0) is 16.8 Å². The maximum Gasteiger partial charge on any atom is 0.277 e. The van der Waals surface area contributed by atoms with Crippen LogP contribution in [0.15, 0.2) is 71.8 Å². The molecule has 0 heterocycles. The molecular formula is C28H32N2O4. The molecule has 0 saturated carbocycles. The van der Waals surface area contributed by atoms with Gasteiger partial charge >= 0.3 is 0 Å². The fourth-order valence-corrected chi connectivity index (χ4v) is 3.38. The lowest BCUT2D eigenvalue weighted by Gasteiger charge is -2.22. The average molecular weight is 461 g/mol. The summed E-state index contributed by atoms with van der Waals surface area (Å²) in [5, 5.41) is 4.03. The molecule has 0 spiro atoms. The first-order valence-electron chi connectivity index (χ1n) is 11.2. The topological polar surface area (TPSA) is 69.2 Å². The molecule has 0 radical (unpaired) electrons. The van der Waals surface area contributed by atoms with Gasteiger partial charge < -0.3 is 14.2 Å². The fraction of sp³-hybridized carbons (Fsp3) is 0.286. The molecule has 6 heteroatoms. The summed E-state index contributed by atoms with van der Waals surface area (Å²) < 4.78 is 17.1. The molecule has 0 aliphatic rings. The molecule has 3 aromatic carbocycles. The number of carbonyl (C=O) groups is 1. The highest BCUT2D eigenvalue weighted by Crippen LogP contribution is 2.31. The zero-order chi connectivity index (χ0) is 24.6. The van der Waals surface area contributed by atoms with Crippen molar-refractivity contribution in [1.82, 2.24) is 5.43 Å². The van der Waals surface area contributed by atoms with Gasteiger partial charge in [0.05, 0.1) is 13.3 Å². The van der Waals surface area contributed by atoms with Crippen molar-refractivity contribution in [3.8, 4) is 17.2 Å². The summed E-state index contributed by atoms with van der Waals surface area (Å²) in [7, 11) is 1.59. The van der Waals surface area contributed by atoms with E-state index in [4.69, 9.17) is 14.2 Å². The van der Waals surface area contributed by atoms with E-state index in [1.165, 1.54) is 5.56 Å². The number of nitrogens with zero attached hydrogens (tertiary/aromatic N) is 1. The maximum atomic E-state index is 12.2. The average Bonchev–Trinajstić information content (AvgIpc) is 2.82. The number of methoxy groups -OCH3 is 1. The largest absolute Gasteiger partial charge is 0.493 e. The number of amides is 1. The lowest BCUT2D eigenvalue weighted by atomic mass is 9.86. The van der Waals surface area contributed by atoms with E-state index in [1.807, 2.05) is 54.6 Å². The Morgan fingerprint density at radius 2 is 1.68 bits per heavy atom. The van der Waals surface area contributed by atoms with Gasteiger partial charge in [0.1, 0.15) is 12.4 Å². The molecule has 1 N–H and O–H groups in total. The quantitative estimate of drug-likeness (QED) is 0.342.